The summed E-state index contributed by atoms with van der Waals surface area (Å²) in [6, 6.07) is 12.4. The lowest BCUT2D eigenvalue weighted by atomic mass is 10.0. The van der Waals surface area contributed by atoms with Crippen molar-refractivity contribution in [2.75, 3.05) is 0 Å². The van der Waals surface area contributed by atoms with E-state index in [-0.39, 0.29) is 5.56 Å². The standard InChI is InChI=1S/C13H8BrClO2/c14-12-4-2-1-3-11(12)8-5-9(13(16)17)7-10(15)6-8/h1-7H,(H,16,17). The maximum absolute atomic E-state index is 11.0. The molecule has 0 aliphatic rings. The molecule has 0 unspecified atom stereocenters. The molecule has 0 bridgehead atoms. The van der Waals surface area contributed by atoms with Gasteiger partial charge < -0.3 is 5.11 Å². The van der Waals surface area contributed by atoms with Crippen LogP contribution in [0.5, 0.6) is 0 Å². The predicted octanol–water partition coefficient (Wildman–Crippen LogP) is 4.47. The normalized spacial score (nSPS) is 10.2. The highest BCUT2D eigenvalue weighted by atomic mass is 79.9. The van der Waals surface area contributed by atoms with Crippen molar-refractivity contribution < 1.29 is 9.90 Å². The summed E-state index contributed by atoms with van der Waals surface area (Å²) in [4.78, 5) is 11.0. The quantitative estimate of drug-likeness (QED) is 0.888. The van der Waals surface area contributed by atoms with Crippen LogP contribution in [0.25, 0.3) is 11.1 Å². The average Bonchev–Trinajstić information content (AvgIpc) is 2.28. The number of halogens is 2. The Labute approximate surface area is 112 Å². The first-order valence-electron chi connectivity index (χ1n) is 4.87. The number of hydrogen-bond donors (Lipinski definition) is 1. The molecular weight excluding hydrogens is 303 g/mol. The lowest BCUT2D eigenvalue weighted by Gasteiger charge is -2.06. The molecule has 0 fully saturated rings. The van der Waals surface area contributed by atoms with E-state index >= 15 is 0 Å². The third kappa shape index (κ3) is 2.68. The fraction of sp³-hybridized carbons (Fsp3) is 0. The Hall–Kier alpha value is -1.32. The van der Waals surface area contributed by atoms with Gasteiger partial charge in [-0.15, -0.1) is 0 Å². The van der Waals surface area contributed by atoms with Gasteiger partial charge in [0.25, 0.3) is 0 Å². The molecule has 86 valence electrons. The number of carboxylic acid groups (broad SMARTS) is 1. The molecule has 0 saturated heterocycles. The van der Waals surface area contributed by atoms with E-state index in [1.165, 1.54) is 6.07 Å². The van der Waals surface area contributed by atoms with Crippen molar-refractivity contribution in [1.82, 2.24) is 0 Å². The summed E-state index contributed by atoms with van der Waals surface area (Å²) in [5.74, 6) is -0.985. The predicted molar refractivity (Wildman–Crippen MR) is 71.5 cm³/mol. The van der Waals surface area contributed by atoms with E-state index in [9.17, 15) is 4.79 Å². The van der Waals surface area contributed by atoms with Gasteiger partial charge in [-0.3, -0.25) is 0 Å². The first-order valence-corrected chi connectivity index (χ1v) is 6.04. The van der Waals surface area contributed by atoms with Gasteiger partial charge in [0.15, 0.2) is 0 Å². The van der Waals surface area contributed by atoms with Crippen molar-refractivity contribution in [2.24, 2.45) is 0 Å². The smallest absolute Gasteiger partial charge is 0.335 e. The highest BCUT2D eigenvalue weighted by Gasteiger charge is 2.09. The molecule has 0 saturated carbocycles. The molecule has 2 aromatic rings. The minimum atomic E-state index is -0.985. The summed E-state index contributed by atoms with van der Waals surface area (Å²) in [6.07, 6.45) is 0. The Bertz CT molecular complexity index is 581. The summed E-state index contributed by atoms with van der Waals surface area (Å²) in [7, 11) is 0. The maximum atomic E-state index is 11.0. The van der Waals surface area contributed by atoms with Crippen LogP contribution in [0.4, 0.5) is 0 Å². The molecule has 0 aliphatic carbocycles. The molecule has 2 aromatic carbocycles. The minimum absolute atomic E-state index is 0.184. The molecule has 1 N–H and O–H groups in total. The lowest BCUT2D eigenvalue weighted by molar-refractivity contribution is 0.0697. The molecule has 2 nitrogen and oxygen atoms in total. The largest absolute Gasteiger partial charge is 0.478 e. The zero-order valence-electron chi connectivity index (χ0n) is 8.65. The maximum Gasteiger partial charge on any atom is 0.335 e. The molecule has 0 atom stereocenters. The van der Waals surface area contributed by atoms with Crippen molar-refractivity contribution >= 4 is 33.5 Å². The Balaban J connectivity index is 2.60. The van der Waals surface area contributed by atoms with E-state index in [0.29, 0.717) is 5.02 Å². The van der Waals surface area contributed by atoms with Crippen LogP contribution in [-0.2, 0) is 0 Å². The van der Waals surface area contributed by atoms with E-state index in [0.717, 1.165) is 15.6 Å². The summed E-state index contributed by atoms with van der Waals surface area (Å²) in [6.45, 7) is 0. The number of aromatic carboxylic acids is 1. The number of carboxylic acids is 1. The van der Waals surface area contributed by atoms with Gasteiger partial charge in [0.2, 0.25) is 0 Å². The van der Waals surface area contributed by atoms with Crippen LogP contribution in [0.2, 0.25) is 5.02 Å². The Morgan fingerprint density at radius 1 is 1.18 bits per heavy atom. The van der Waals surface area contributed by atoms with Crippen LogP contribution in [0.1, 0.15) is 10.4 Å². The van der Waals surface area contributed by atoms with Gasteiger partial charge in [0.1, 0.15) is 0 Å². The zero-order valence-corrected chi connectivity index (χ0v) is 11.0. The topological polar surface area (TPSA) is 37.3 Å². The molecule has 0 radical (unpaired) electrons. The lowest BCUT2D eigenvalue weighted by Crippen LogP contribution is -1.96. The SMILES string of the molecule is O=C(O)c1cc(Cl)cc(-c2ccccc2Br)c1. The van der Waals surface area contributed by atoms with Gasteiger partial charge in [-0.05, 0) is 35.4 Å². The van der Waals surface area contributed by atoms with Gasteiger partial charge in [-0.1, -0.05) is 45.7 Å². The Kier molecular flexibility index (Phi) is 3.50. The monoisotopic (exact) mass is 310 g/mol. The number of carbonyl (C=O) groups is 1. The van der Waals surface area contributed by atoms with Crippen LogP contribution >= 0.6 is 27.5 Å². The van der Waals surface area contributed by atoms with Crippen LogP contribution in [0.3, 0.4) is 0 Å². The molecule has 4 heteroatoms. The van der Waals surface area contributed by atoms with Crippen molar-refractivity contribution in [3.05, 3.63) is 57.5 Å². The summed E-state index contributed by atoms with van der Waals surface area (Å²) >= 11 is 9.35. The van der Waals surface area contributed by atoms with Gasteiger partial charge in [-0.2, -0.15) is 0 Å². The van der Waals surface area contributed by atoms with Crippen LogP contribution in [-0.4, -0.2) is 11.1 Å². The van der Waals surface area contributed by atoms with E-state index < -0.39 is 5.97 Å². The van der Waals surface area contributed by atoms with Gasteiger partial charge in [0, 0.05) is 9.50 Å². The highest BCUT2D eigenvalue weighted by molar-refractivity contribution is 9.10. The second-order valence-corrected chi connectivity index (χ2v) is 4.80. The van der Waals surface area contributed by atoms with Gasteiger partial charge in [0.05, 0.1) is 5.56 Å². The first kappa shape index (κ1) is 12.1. The van der Waals surface area contributed by atoms with Crippen molar-refractivity contribution in [2.45, 2.75) is 0 Å². The molecule has 0 aliphatic heterocycles. The van der Waals surface area contributed by atoms with Gasteiger partial charge in [-0.25, -0.2) is 4.79 Å². The van der Waals surface area contributed by atoms with Crippen molar-refractivity contribution in [3.63, 3.8) is 0 Å². The van der Waals surface area contributed by atoms with Crippen LogP contribution < -0.4 is 0 Å². The molecule has 17 heavy (non-hydrogen) atoms. The van der Waals surface area contributed by atoms with E-state index in [4.69, 9.17) is 16.7 Å². The van der Waals surface area contributed by atoms with Crippen molar-refractivity contribution in [1.29, 1.82) is 0 Å². The third-order valence-corrected chi connectivity index (χ3v) is 3.24. The molecule has 0 heterocycles. The van der Waals surface area contributed by atoms with Crippen molar-refractivity contribution in [3.8, 4) is 11.1 Å². The third-order valence-electron chi connectivity index (χ3n) is 2.33. The Morgan fingerprint density at radius 3 is 2.53 bits per heavy atom. The summed E-state index contributed by atoms with van der Waals surface area (Å²) in [5, 5.41) is 9.39. The van der Waals surface area contributed by atoms with Gasteiger partial charge >= 0.3 is 5.97 Å². The van der Waals surface area contributed by atoms with Crippen LogP contribution in [0.15, 0.2) is 46.9 Å². The summed E-state index contributed by atoms with van der Waals surface area (Å²) in [5.41, 5.74) is 1.88. The molecule has 2 rings (SSSR count). The number of benzene rings is 2. The molecule has 0 aromatic heterocycles. The fourth-order valence-electron chi connectivity index (χ4n) is 1.56. The second-order valence-electron chi connectivity index (χ2n) is 3.51. The number of rotatable bonds is 2. The summed E-state index contributed by atoms with van der Waals surface area (Å²) < 4.78 is 0.901. The van der Waals surface area contributed by atoms with E-state index in [2.05, 4.69) is 15.9 Å². The molecular formula is C13H8BrClO2. The fourth-order valence-corrected chi connectivity index (χ4v) is 2.31. The molecule has 0 spiro atoms. The minimum Gasteiger partial charge on any atom is -0.478 e. The zero-order chi connectivity index (χ0) is 12.4. The van der Waals surface area contributed by atoms with Crippen LogP contribution in [0, 0.1) is 0 Å². The number of hydrogen-bond acceptors (Lipinski definition) is 1. The average molecular weight is 312 g/mol. The van der Waals surface area contributed by atoms with E-state index in [1.54, 1.807) is 12.1 Å². The second kappa shape index (κ2) is 4.90. The highest BCUT2D eigenvalue weighted by Crippen LogP contribution is 2.30. The Morgan fingerprint density at radius 2 is 1.88 bits per heavy atom. The first-order chi connectivity index (χ1) is 8.08. The molecule has 0 amide bonds. The van der Waals surface area contributed by atoms with E-state index in [1.807, 2.05) is 24.3 Å².